The van der Waals surface area contributed by atoms with Crippen molar-refractivity contribution in [3.63, 3.8) is 0 Å². The van der Waals surface area contributed by atoms with Crippen molar-refractivity contribution in [2.24, 2.45) is 5.73 Å². The Hall–Kier alpha value is -3.94. The molecule has 2 aromatic carbocycles. The average Bonchev–Trinajstić information content (AvgIpc) is 3.22. The first-order valence-electron chi connectivity index (χ1n) is 9.48. The van der Waals surface area contributed by atoms with Crippen molar-refractivity contribution in [1.82, 2.24) is 10.3 Å². The van der Waals surface area contributed by atoms with Gasteiger partial charge in [0.2, 0.25) is 11.8 Å². The van der Waals surface area contributed by atoms with Crippen molar-refractivity contribution >= 4 is 23.4 Å². The standard InChI is InChI=1S/C22H22N4O4/c23-19(27)12-13-24-22(29)16-8-4-5-9-17(16)26-20(28)10-11-21-25-14-18(30-21)15-6-2-1-3-7-15/h1-9,14H,10-13H2,(H2,23,27)(H,24,29)(H,26,28). The number of oxazole rings is 1. The van der Waals surface area contributed by atoms with Crippen LogP contribution in [-0.2, 0) is 16.0 Å². The Bertz CT molecular complexity index is 1030. The molecule has 3 amide bonds. The van der Waals surface area contributed by atoms with Gasteiger partial charge in [-0.1, -0.05) is 42.5 Å². The minimum absolute atomic E-state index is 0.0430. The largest absolute Gasteiger partial charge is 0.441 e. The lowest BCUT2D eigenvalue weighted by Gasteiger charge is -2.11. The Morgan fingerprint density at radius 2 is 1.70 bits per heavy atom. The van der Waals surface area contributed by atoms with Crippen LogP contribution in [0.3, 0.4) is 0 Å². The highest BCUT2D eigenvalue weighted by atomic mass is 16.4. The van der Waals surface area contributed by atoms with E-state index in [-0.39, 0.29) is 25.3 Å². The number of carbonyl (C=O) groups is 3. The molecular weight excluding hydrogens is 384 g/mol. The molecule has 0 unspecified atom stereocenters. The number of para-hydroxylation sites is 1. The zero-order chi connectivity index (χ0) is 21.3. The van der Waals surface area contributed by atoms with Crippen LogP contribution in [0.1, 0.15) is 29.1 Å². The van der Waals surface area contributed by atoms with E-state index in [4.69, 9.17) is 10.2 Å². The summed E-state index contributed by atoms with van der Waals surface area (Å²) in [5.74, 6) is -0.0662. The third kappa shape index (κ3) is 5.78. The van der Waals surface area contributed by atoms with Crippen LogP contribution in [-0.4, -0.2) is 29.3 Å². The van der Waals surface area contributed by atoms with Crippen molar-refractivity contribution in [2.45, 2.75) is 19.3 Å². The molecular formula is C22H22N4O4. The van der Waals surface area contributed by atoms with Crippen LogP contribution in [0.5, 0.6) is 0 Å². The van der Waals surface area contributed by atoms with E-state index in [1.54, 1.807) is 30.5 Å². The number of nitrogens with zero attached hydrogens (tertiary/aromatic N) is 1. The fraction of sp³-hybridized carbons (Fsp3) is 0.182. The maximum atomic E-state index is 12.4. The van der Waals surface area contributed by atoms with E-state index in [1.807, 2.05) is 30.3 Å². The topological polar surface area (TPSA) is 127 Å². The quantitative estimate of drug-likeness (QED) is 0.503. The molecule has 0 fully saturated rings. The van der Waals surface area contributed by atoms with Crippen LogP contribution in [0.2, 0.25) is 0 Å². The number of rotatable bonds is 9. The monoisotopic (exact) mass is 406 g/mol. The lowest BCUT2D eigenvalue weighted by molar-refractivity contribution is -0.118. The number of hydrogen-bond acceptors (Lipinski definition) is 5. The van der Waals surface area contributed by atoms with Gasteiger partial charge in [-0.15, -0.1) is 0 Å². The summed E-state index contributed by atoms with van der Waals surface area (Å²) in [6, 6.07) is 16.2. The van der Waals surface area contributed by atoms with Crippen molar-refractivity contribution in [3.05, 3.63) is 72.2 Å². The Morgan fingerprint density at radius 3 is 2.47 bits per heavy atom. The molecule has 8 nitrogen and oxygen atoms in total. The summed E-state index contributed by atoms with van der Waals surface area (Å²) in [7, 11) is 0. The van der Waals surface area contributed by atoms with Crippen molar-refractivity contribution in [1.29, 1.82) is 0 Å². The van der Waals surface area contributed by atoms with Crippen LogP contribution in [0.25, 0.3) is 11.3 Å². The van der Waals surface area contributed by atoms with Crippen molar-refractivity contribution in [3.8, 4) is 11.3 Å². The number of nitrogens with one attached hydrogen (secondary N) is 2. The van der Waals surface area contributed by atoms with Gasteiger partial charge in [-0.05, 0) is 12.1 Å². The van der Waals surface area contributed by atoms with E-state index in [9.17, 15) is 14.4 Å². The fourth-order valence-corrected chi connectivity index (χ4v) is 2.78. The molecule has 0 aliphatic heterocycles. The second kappa shape index (κ2) is 10.0. The number of aryl methyl sites for hydroxylation is 1. The number of primary amides is 1. The molecule has 0 aliphatic rings. The van der Waals surface area contributed by atoms with E-state index in [0.717, 1.165) is 5.56 Å². The van der Waals surface area contributed by atoms with Gasteiger partial charge >= 0.3 is 0 Å². The Kier molecular flexibility index (Phi) is 6.94. The molecule has 30 heavy (non-hydrogen) atoms. The predicted octanol–water partition coefficient (Wildman–Crippen LogP) is 2.52. The second-order valence-corrected chi connectivity index (χ2v) is 6.55. The number of benzene rings is 2. The van der Waals surface area contributed by atoms with Crippen LogP contribution in [0.4, 0.5) is 5.69 Å². The minimum Gasteiger partial charge on any atom is -0.441 e. The molecule has 8 heteroatoms. The van der Waals surface area contributed by atoms with E-state index < -0.39 is 11.8 Å². The zero-order valence-corrected chi connectivity index (χ0v) is 16.3. The highest BCUT2D eigenvalue weighted by Crippen LogP contribution is 2.20. The molecule has 0 radical (unpaired) electrons. The van der Waals surface area contributed by atoms with Gasteiger partial charge in [-0.2, -0.15) is 0 Å². The molecule has 0 saturated carbocycles. The molecule has 0 atom stereocenters. The molecule has 4 N–H and O–H groups in total. The summed E-state index contributed by atoms with van der Waals surface area (Å²) in [5, 5.41) is 5.34. The first-order valence-corrected chi connectivity index (χ1v) is 9.48. The summed E-state index contributed by atoms with van der Waals surface area (Å²) in [6.45, 7) is 0.129. The summed E-state index contributed by atoms with van der Waals surface area (Å²) in [6.07, 6.45) is 2.15. The van der Waals surface area contributed by atoms with Gasteiger partial charge in [0.1, 0.15) is 0 Å². The number of aromatic nitrogens is 1. The summed E-state index contributed by atoms with van der Waals surface area (Å²) in [4.78, 5) is 39.7. The normalized spacial score (nSPS) is 10.4. The highest BCUT2D eigenvalue weighted by Gasteiger charge is 2.14. The van der Waals surface area contributed by atoms with Gasteiger partial charge < -0.3 is 20.8 Å². The summed E-state index contributed by atoms with van der Waals surface area (Å²) < 4.78 is 5.70. The Balaban J connectivity index is 1.56. The van der Waals surface area contributed by atoms with Gasteiger partial charge in [0.25, 0.3) is 5.91 Å². The van der Waals surface area contributed by atoms with E-state index in [0.29, 0.717) is 29.3 Å². The number of anilines is 1. The van der Waals surface area contributed by atoms with E-state index >= 15 is 0 Å². The van der Waals surface area contributed by atoms with Gasteiger partial charge in [-0.25, -0.2) is 4.98 Å². The van der Waals surface area contributed by atoms with Gasteiger partial charge in [0.05, 0.1) is 17.4 Å². The predicted molar refractivity (Wildman–Crippen MR) is 111 cm³/mol. The molecule has 1 heterocycles. The Labute approximate surface area is 173 Å². The lowest BCUT2D eigenvalue weighted by atomic mass is 10.1. The first kappa shape index (κ1) is 20.8. The molecule has 0 saturated heterocycles. The molecule has 1 aromatic heterocycles. The van der Waals surface area contributed by atoms with Crippen LogP contribution in [0.15, 0.2) is 65.2 Å². The van der Waals surface area contributed by atoms with Crippen LogP contribution >= 0.6 is 0 Å². The molecule has 0 spiro atoms. The number of nitrogens with two attached hydrogens (primary N) is 1. The minimum atomic E-state index is -0.501. The van der Waals surface area contributed by atoms with Crippen LogP contribution < -0.4 is 16.4 Å². The van der Waals surface area contributed by atoms with E-state index in [1.165, 1.54) is 0 Å². The first-order chi connectivity index (χ1) is 14.5. The van der Waals surface area contributed by atoms with Gasteiger partial charge in [-0.3, -0.25) is 14.4 Å². The molecule has 3 aromatic rings. The zero-order valence-electron chi connectivity index (χ0n) is 16.3. The third-order valence-electron chi connectivity index (χ3n) is 4.28. The number of carbonyl (C=O) groups excluding carboxylic acids is 3. The smallest absolute Gasteiger partial charge is 0.253 e. The number of hydrogen-bond donors (Lipinski definition) is 3. The molecule has 0 bridgehead atoms. The van der Waals surface area contributed by atoms with Crippen molar-refractivity contribution in [2.75, 3.05) is 11.9 Å². The van der Waals surface area contributed by atoms with Gasteiger partial charge in [0, 0.05) is 31.4 Å². The maximum Gasteiger partial charge on any atom is 0.253 e. The van der Waals surface area contributed by atoms with E-state index in [2.05, 4.69) is 15.6 Å². The highest BCUT2D eigenvalue weighted by molar-refractivity contribution is 6.03. The summed E-state index contributed by atoms with van der Waals surface area (Å²) in [5.41, 5.74) is 6.67. The second-order valence-electron chi connectivity index (χ2n) is 6.55. The number of amides is 3. The lowest BCUT2D eigenvalue weighted by Crippen LogP contribution is -2.28. The average molecular weight is 406 g/mol. The SMILES string of the molecule is NC(=O)CCNC(=O)c1ccccc1NC(=O)CCc1ncc(-c2ccccc2)o1. The molecule has 154 valence electrons. The maximum absolute atomic E-state index is 12.4. The van der Waals surface area contributed by atoms with Gasteiger partial charge in [0.15, 0.2) is 11.7 Å². The third-order valence-corrected chi connectivity index (χ3v) is 4.28. The summed E-state index contributed by atoms with van der Waals surface area (Å²) >= 11 is 0. The molecule has 0 aliphatic carbocycles. The van der Waals surface area contributed by atoms with Crippen LogP contribution in [0, 0.1) is 0 Å². The molecule has 3 rings (SSSR count). The Morgan fingerprint density at radius 1 is 0.967 bits per heavy atom. The fourth-order valence-electron chi connectivity index (χ4n) is 2.78. The van der Waals surface area contributed by atoms with Crippen molar-refractivity contribution < 1.29 is 18.8 Å².